The number of likely N-dealkylation sites (tertiary alicyclic amines) is 1. The van der Waals surface area contributed by atoms with E-state index in [1.54, 1.807) is 32.9 Å². The number of carbonyl (C=O) groups is 2. The summed E-state index contributed by atoms with van der Waals surface area (Å²) in [6.07, 6.45) is 0.181. The van der Waals surface area contributed by atoms with Crippen molar-refractivity contribution >= 4 is 54.3 Å². The fourth-order valence-electron chi connectivity index (χ4n) is 2.58. The van der Waals surface area contributed by atoms with Gasteiger partial charge in [0.05, 0.1) is 10.9 Å². The van der Waals surface area contributed by atoms with Crippen LogP contribution in [0.3, 0.4) is 0 Å². The molecule has 1 aliphatic rings. The van der Waals surface area contributed by atoms with E-state index in [0.717, 1.165) is 0 Å². The fraction of sp³-hybridized carbons (Fsp3) is 0.500. The van der Waals surface area contributed by atoms with Gasteiger partial charge in [0.2, 0.25) is 10.0 Å². The predicted octanol–water partition coefficient (Wildman–Crippen LogP) is 3.07. The van der Waals surface area contributed by atoms with Gasteiger partial charge >= 0.3 is 6.09 Å². The monoisotopic (exact) mass is 510 g/mol. The molecule has 1 aromatic rings. The van der Waals surface area contributed by atoms with Gasteiger partial charge < -0.3 is 9.53 Å². The summed E-state index contributed by atoms with van der Waals surface area (Å²) >= 11 is 6.48. The van der Waals surface area contributed by atoms with Crippen LogP contribution in [0.15, 0.2) is 32.0 Å². The largest absolute Gasteiger partial charge is 0.444 e. The van der Waals surface area contributed by atoms with Gasteiger partial charge in [0.1, 0.15) is 11.9 Å². The molecule has 0 aromatic heterocycles. The van der Waals surface area contributed by atoms with Gasteiger partial charge in [0.15, 0.2) is 0 Å². The van der Waals surface area contributed by atoms with E-state index in [9.17, 15) is 18.0 Å². The second-order valence-electron chi connectivity index (χ2n) is 6.96. The van der Waals surface area contributed by atoms with Crippen LogP contribution >= 0.6 is 31.9 Å². The van der Waals surface area contributed by atoms with E-state index in [-0.39, 0.29) is 17.9 Å². The summed E-state index contributed by atoms with van der Waals surface area (Å²) < 4.78 is 34.2. The Morgan fingerprint density at radius 1 is 1.35 bits per heavy atom. The highest BCUT2D eigenvalue weighted by molar-refractivity contribution is 9.11. The zero-order valence-corrected chi connectivity index (χ0v) is 18.5. The quantitative estimate of drug-likeness (QED) is 0.627. The Balaban J connectivity index is 2.16. The van der Waals surface area contributed by atoms with Crippen LogP contribution < -0.4 is 4.72 Å². The summed E-state index contributed by atoms with van der Waals surface area (Å²) in [5.74, 6) is 0. The zero-order valence-electron chi connectivity index (χ0n) is 14.5. The molecule has 1 aliphatic heterocycles. The van der Waals surface area contributed by atoms with Crippen LogP contribution in [0.5, 0.6) is 0 Å². The van der Waals surface area contributed by atoms with Crippen LogP contribution in [-0.2, 0) is 19.6 Å². The van der Waals surface area contributed by atoms with Crippen molar-refractivity contribution in [3.8, 4) is 0 Å². The molecule has 0 spiro atoms. The van der Waals surface area contributed by atoms with Crippen LogP contribution in [0.1, 0.15) is 27.2 Å². The predicted molar refractivity (Wildman–Crippen MR) is 103 cm³/mol. The molecule has 1 amide bonds. The number of nitrogens with zero attached hydrogens (tertiary/aromatic N) is 1. The first-order valence-corrected chi connectivity index (χ1v) is 10.9. The molecule has 144 valence electrons. The molecule has 26 heavy (non-hydrogen) atoms. The van der Waals surface area contributed by atoms with Crippen molar-refractivity contribution in [1.82, 2.24) is 9.62 Å². The van der Waals surface area contributed by atoms with Crippen molar-refractivity contribution < 1.29 is 22.7 Å². The van der Waals surface area contributed by atoms with Crippen LogP contribution in [0.25, 0.3) is 0 Å². The summed E-state index contributed by atoms with van der Waals surface area (Å²) in [7, 11) is -3.83. The third-order valence-corrected chi connectivity index (χ3v) is 6.64. The average Bonchev–Trinajstić information content (AvgIpc) is 2.90. The molecule has 2 atom stereocenters. The van der Waals surface area contributed by atoms with Gasteiger partial charge in [-0.25, -0.2) is 17.9 Å². The summed E-state index contributed by atoms with van der Waals surface area (Å²) in [5.41, 5.74) is -0.705. The normalized spacial score (nSPS) is 20.9. The number of hydrogen-bond acceptors (Lipinski definition) is 5. The van der Waals surface area contributed by atoms with Gasteiger partial charge in [-0.2, -0.15) is 0 Å². The first-order chi connectivity index (χ1) is 11.9. The van der Waals surface area contributed by atoms with Crippen molar-refractivity contribution in [2.45, 2.75) is 49.8 Å². The zero-order chi connectivity index (χ0) is 19.7. The first kappa shape index (κ1) is 21.3. The van der Waals surface area contributed by atoms with E-state index < -0.39 is 33.8 Å². The Morgan fingerprint density at radius 2 is 2.00 bits per heavy atom. The minimum atomic E-state index is -3.83. The molecule has 1 N–H and O–H groups in total. The number of nitrogens with one attached hydrogen (secondary N) is 1. The third kappa shape index (κ3) is 5.28. The number of rotatable bonds is 4. The number of halogens is 2. The van der Waals surface area contributed by atoms with Crippen LogP contribution in [0, 0.1) is 0 Å². The maximum absolute atomic E-state index is 12.7. The Morgan fingerprint density at radius 3 is 2.58 bits per heavy atom. The van der Waals surface area contributed by atoms with Gasteiger partial charge in [-0.1, -0.05) is 15.9 Å². The minimum Gasteiger partial charge on any atom is -0.444 e. The lowest BCUT2D eigenvalue weighted by molar-refractivity contribution is -0.111. The van der Waals surface area contributed by atoms with E-state index in [1.165, 1.54) is 11.0 Å². The molecule has 1 heterocycles. The maximum Gasteiger partial charge on any atom is 0.410 e. The number of benzene rings is 1. The number of ether oxygens (including phenoxy) is 1. The van der Waals surface area contributed by atoms with Crippen molar-refractivity contribution in [3.63, 3.8) is 0 Å². The summed E-state index contributed by atoms with van der Waals surface area (Å²) in [6.45, 7) is 5.23. The molecule has 2 rings (SSSR count). The van der Waals surface area contributed by atoms with Crippen molar-refractivity contribution in [2.75, 3.05) is 6.54 Å². The highest BCUT2D eigenvalue weighted by Crippen LogP contribution is 2.27. The van der Waals surface area contributed by atoms with Crippen LogP contribution in [0.2, 0.25) is 0 Å². The highest BCUT2D eigenvalue weighted by atomic mass is 79.9. The molecule has 1 saturated heterocycles. The molecule has 0 aliphatic carbocycles. The van der Waals surface area contributed by atoms with E-state index in [4.69, 9.17) is 4.74 Å². The van der Waals surface area contributed by atoms with Gasteiger partial charge in [-0.3, -0.25) is 4.90 Å². The first-order valence-electron chi connectivity index (χ1n) is 7.85. The SMILES string of the molecule is CC(C)(C)OC(=O)N1C[C@H](NS(=O)(=O)c2cc(Br)ccc2Br)C[C@@H]1C=O. The van der Waals surface area contributed by atoms with Crippen LogP contribution in [0.4, 0.5) is 4.79 Å². The Kier molecular flexibility index (Phi) is 6.53. The van der Waals surface area contributed by atoms with Crippen molar-refractivity contribution in [3.05, 3.63) is 27.1 Å². The van der Waals surface area contributed by atoms with Gasteiger partial charge in [0, 0.05) is 21.5 Å². The lowest BCUT2D eigenvalue weighted by Gasteiger charge is -2.26. The molecule has 10 heteroatoms. The molecule has 0 bridgehead atoms. The van der Waals surface area contributed by atoms with E-state index in [0.29, 0.717) is 15.2 Å². The fourth-order valence-corrected chi connectivity index (χ4v) is 5.32. The third-order valence-electron chi connectivity index (χ3n) is 3.63. The smallest absolute Gasteiger partial charge is 0.410 e. The molecular formula is C16H20Br2N2O5S. The number of aldehydes is 1. The summed E-state index contributed by atoms with van der Waals surface area (Å²) in [5, 5.41) is 0. The lowest BCUT2D eigenvalue weighted by atomic mass is 10.2. The van der Waals surface area contributed by atoms with Gasteiger partial charge in [-0.15, -0.1) is 0 Å². The van der Waals surface area contributed by atoms with Crippen molar-refractivity contribution in [2.24, 2.45) is 0 Å². The number of amides is 1. The van der Waals surface area contributed by atoms with Crippen LogP contribution in [-0.4, -0.2) is 49.9 Å². The molecule has 1 aromatic carbocycles. The summed E-state index contributed by atoms with van der Waals surface area (Å²) in [4.78, 5) is 24.9. The molecule has 7 nitrogen and oxygen atoms in total. The number of carbonyl (C=O) groups excluding carboxylic acids is 2. The number of sulfonamides is 1. The second kappa shape index (κ2) is 7.95. The Labute approximate surface area is 169 Å². The van der Waals surface area contributed by atoms with E-state index in [2.05, 4.69) is 36.6 Å². The van der Waals surface area contributed by atoms with Crippen molar-refractivity contribution in [1.29, 1.82) is 0 Å². The molecule has 0 saturated carbocycles. The van der Waals surface area contributed by atoms with E-state index in [1.807, 2.05) is 0 Å². The average molecular weight is 512 g/mol. The lowest BCUT2D eigenvalue weighted by Crippen LogP contribution is -2.42. The Bertz CT molecular complexity index is 807. The molecular weight excluding hydrogens is 492 g/mol. The molecule has 0 radical (unpaired) electrons. The number of hydrogen-bond donors (Lipinski definition) is 1. The topological polar surface area (TPSA) is 92.8 Å². The highest BCUT2D eigenvalue weighted by Gasteiger charge is 2.39. The minimum absolute atomic E-state index is 0.0587. The van der Waals surface area contributed by atoms with E-state index >= 15 is 0 Å². The summed E-state index contributed by atoms with van der Waals surface area (Å²) in [6, 6.07) is 3.49. The molecule has 1 fully saturated rings. The maximum atomic E-state index is 12.7. The standard InChI is InChI=1S/C16H20Br2N2O5S/c1-16(2,3)25-15(22)20-8-11(7-12(20)9-21)19-26(23,24)14-6-10(17)4-5-13(14)18/h4-6,9,11-12,19H,7-8H2,1-3H3/t11-,12-/m1/s1. The second-order valence-corrected chi connectivity index (χ2v) is 10.4. The Hall–Kier alpha value is -0.970. The van der Waals surface area contributed by atoms with Gasteiger partial charge in [0.25, 0.3) is 0 Å². The van der Waals surface area contributed by atoms with Gasteiger partial charge in [-0.05, 0) is 61.3 Å². The molecule has 0 unspecified atom stereocenters.